The molecule has 0 bridgehead atoms. The average Bonchev–Trinajstić information content (AvgIpc) is 2.44. The van der Waals surface area contributed by atoms with Crippen LogP contribution in [0.15, 0.2) is 18.3 Å². The Hall–Kier alpha value is -1.04. The van der Waals surface area contributed by atoms with E-state index in [0.29, 0.717) is 12.6 Å². The highest BCUT2D eigenvalue weighted by atomic mass is 19.1. The smallest absolute Gasteiger partial charge is 0.141 e. The summed E-state index contributed by atoms with van der Waals surface area (Å²) in [6.07, 6.45) is 1.22. The number of pyridine rings is 1. The van der Waals surface area contributed by atoms with Crippen molar-refractivity contribution in [1.29, 1.82) is 0 Å². The molecule has 1 aromatic rings. The van der Waals surface area contributed by atoms with Gasteiger partial charge in [0, 0.05) is 19.7 Å². The molecule has 20 heavy (non-hydrogen) atoms. The highest BCUT2D eigenvalue weighted by molar-refractivity contribution is 5.10. The zero-order valence-electron chi connectivity index (χ0n) is 12.8. The largest absolute Gasteiger partial charge is 0.383 e. The van der Waals surface area contributed by atoms with E-state index in [9.17, 15) is 4.39 Å². The first-order chi connectivity index (χ1) is 9.49. The van der Waals surface area contributed by atoms with Gasteiger partial charge in [-0.25, -0.2) is 4.39 Å². The van der Waals surface area contributed by atoms with Crippen molar-refractivity contribution in [3.05, 3.63) is 29.8 Å². The van der Waals surface area contributed by atoms with E-state index in [1.165, 1.54) is 12.3 Å². The fraction of sp³-hybridized carbons (Fsp3) is 0.667. The summed E-state index contributed by atoms with van der Waals surface area (Å²) < 4.78 is 18.1. The summed E-state index contributed by atoms with van der Waals surface area (Å²) >= 11 is 0. The molecule has 4 nitrogen and oxygen atoms in total. The summed E-state index contributed by atoms with van der Waals surface area (Å²) in [6.45, 7) is 8.87. The molecule has 0 aliphatic rings. The quantitative estimate of drug-likeness (QED) is 0.795. The third-order valence-electron chi connectivity index (χ3n) is 3.66. The summed E-state index contributed by atoms with van der Waals surface area (Å²) in [7, 11) is 1.71. The van der Waals surface area contributed by atoms with Crippen LogP contribution in [0.4, 0.5) is 4.39 Å². The lowest BCUT2D eigenvalue weighted by molar-refractivity contribution is 0.0901. The number of halogens is 1. The van der Waals surface area contributed by atoms with Crippen LogP contribution in [0.3, 0.4) is 0 Å². The van der Waals surface area contributed by atoms with E-state index < -0.39 is 0 Å². The Kier molecular flexibility index (Phi) is 7.05. The van der Waals surface area contributed by atoms with Crippen molar-refractivity contribution in [2.24, 2.45) is 11.7 Å². The van der Waals surface area contributed by atoms with Crippen LogP contribution in [0.2, 0.25) is 0 Å². The van der Waals surface area contributed by atoms with Crippen LogP contribution in [-0.4, -0.2) is 42.7 Å². The average molecular weight is 283 g/mol. The van der Waals surface area contributed by atoms with Gasteiger partial charge in [-0.15, -0.1) is 0 Å². The zero-order valence-corrected chi connectivity index (χ0v) is 12.8. The Morgan fingerprint density at radius 1 is 1.40 bits per heavy atom. The van der Waals surface area contributed by atoms with Crippen molar-refractivity contribution in [3.63, 3.8) is 0 Å². The summed E-state index contributed by atoms with van der Waals surface area (Å²) in [5.41, 5.74) is 6.95. The van der Waals surface area contributed by atoms with Gasteiger partial charge in [0.05, 0.1) is 24.5 Å². The van der Waals surface area contributed by atoms with Gasteiger partial charge in [-0.05, 0) is 31.5 Å². The van der Waals surface area contributed by atoms with E-state index in [4.69, 9.17) is 10.5 Å². The molecule has 0 spiro atoms. The molecule has 1 rings (SSSR count). The predicted octanol–water partition coefficient (Wildman–Crippen LogP) is 2.21. The number of nitrogens with two attached hydrogens (primary N) is 1. The van der Waals surface area contributed by atoms with Gasteiger partial charge >= 0.3 is 0 Å². The third kappa shape index (κ3) is 4.81. The Morgan fingerprint density at radius 2 is 2.10 bits per heavy atom. The first kappa shape index (κ1) is 17.0. The van der Waals surface area contributed by atoms with E-state index in [2.05, 4.69) is 30.7 Å². The minimum absolute atomic E-state index is 0.195. The lowest BCUT2D eigenvalue weighted by atomic mass is 9.98. The first-order valence-electron chi connectivity index (χ1n) is 7.09. The standard InChI is InChI=1S/C15H26FN3O/c1-5-19(12(3)10-20-4)9-11(2)15(17)14-7-6-13(16)8-18-14/h6-8,11-12,15H,5,9-10,17H2,1-4H3. The van der Waals surface area contributed by atoms with Gasteiger partial charge in [0.15, 0.2) is 0 Å². The van der Waals surface area contributed by atoms with Gasteiger partial charge in [-0.3, -0.25) is 9.88 Å². The van der Waals surface area contributed by atoms with Crippen molar-refractivity contribution >= 4 is 0 Å². The molecule has 0 aliphatic carbocycles. The fourth-order valence-electron chi connectivity index (χ4n) is 2.33. The van der Waals surface area contributed by atoms with Crippen LogP contribution in [0.25, 0.3) is 0 Å². The zero-order chi connectivity index (χ0) is 15.1. The van der Waals surface area contributed by atoms with Gasteiger partial charge in [-0.1, -0.05) is 13.8 Å². The highest BCUT2D eigenvalue weighted by Crippen LogP contribution is 2.19. The van der Waals surface area contributed by atoms with Crippen molar-refractivity contribution < 1.29 is 9.13 Å². The van der Waals surface area contributed by atoms with E-state index in [0.717, 1.165) is 18.8 Å². The molecule has 0 saturated heterocycles. The molecule has 5 heteroatoms. The molecular weight excluding hydrogens is 257 g/mol. The SMILES string of the molecule is CCN(CC(C)C(N)c1ccc(F)cn1)C(C)COC. The Morgan fingerprint density at radius 3 is 2.60 bits per heavy atom. The van der Waals surface area contributed by atoms with E-state index >= 15 is 0 Å². The van der Waals surface area contributed by atoms with Crippen molar-refractivity contribution in [2.75, 3.05) is 26.8 Å². The molecule has 0 fully saturated rings. The highest BCUT2D eigenvalue weighted by Gasteiger charge is 2.21. The predicted molar refractivity (Wildman–Crippen MR) is 78.9 cm³/mol. The molecule has 1 aromatic heterocycles. The maximum absolute atomic E-state index is 12.9. The van der Waals surface area contributed by atoms with Crippen LogP contribution in [0, 0.1) is 11.7 Å². The van der Waals surface area contributed by atoms with Gasteiger partial charge < -0.3 is 10.5 Å². The summed E-state index contributed by atoms with van der Waals surface area (Å²) in [5.74, 6) is -0.107. The summed E-state index contributed by atoms with van der Waals surface area (Å²) in [5, 5.41) is 0. The van der Waals surface area contributed by atoms with Crippen LogP contribution in [-0.2, 0) is 4.74 Å². The van der Waals surface area contributed by atoms with E-state index in [1.54, 1.807) is 13.2 Å². The number of hydrogen-bond donors (Lipinski definition) is 1. The molecule has 0 aliphatic heterocycles. The number of aromatic nitrogens is 1. The number of nitrogens with zero attached hydrogens (tertiary/aromatic N) is 2. The minimum Gasteiger partial charge on any atom is -0.383 e. The Bertz CT molecular complexity index is 385. The van der Waals surface area contributed by atoms with Crippen LogP contribution < -0.4 is 5.73 Å². The van der Waals surface area contributed by atoms with Crippen LogP contribution in [0.5, 0.6) is 0 Å². The summed E-state index contributed by atoms with van der Waals surface area (Å²) in [4.78, 5) is 6.40. The molecule has 1 heterocycles. The van der Waals surface area contributed by atoms with Gasteiger partial charge in [0.1, 0.15) is 5.82 Å². The molecule has 3 atom stereocenters. The Labute approximate surface area is 121 Å². The van der Waals surface area contributed by atoms with Gasteiger partial charge in [-0.2, -0.15) is 0 Å². The Balaban J connectivity index is 2.63. The molecule has 0 saturated carbocycles. The minimum atomic E-state index is -0.336. The fourth-order valence-corrected chi connectivity index (χ4v) is 2.33. The van der Waals surface area contributed by atoms with Crippen molar-refractivity contribution in [3.8, 4) is 0 Å². The molecule has 2 N–H and O–H groups in total. The third-order valence-corrected chi connectivity index (χ3v) is 3.66. The normalized spacial score (nSPS) is 16.1. The number of methoxy groups -OCH3 is 1. The molecular formula is C15H26FN3O. The number of ether oxygens (including phenoxy) is 1. The van der Waals surface area contributed by atoms with Crippen LogP contribution >= 0.6 is 0 Å². The lowest BCUT2D eigenvalue weighted by Crippen LogP contribution is -2.41. The van der Waals surface area contributed by atoms with Gasteiger partial charge in [0.2, 0.25) is 0 Å². The lowest BCUT2D eigenvalue weighted by Gasteiger charge is -2.31. The number of rotatable bonds is 8. The van der Waals surface area contributed by atoms with Gasteiger partial charge in [0.25, 0.3) is 0 Å². The second-order valence-corrected chi connectivity index (χ2v) is 5.30. The second kappa shape index (κ2) is 8.29. The molecule has 0 amide bonds. The summed E-state index contributed by atoms with van der Waals surface area (Å²) in [6, 6.07) is 3.21. The van der Waals surface area contributed by atoms with Crippen LogP contribution in [0.1, 0.15) is 32.5 Å². The van der Waals surface area contributed by atoms with E-state index in [-0.39, 0.29) is 17.8 Å². The van der Waals surface area contributed by atoms with Crippen molar-refractivity contribution in [1.82, 2.24) is 9.88 Å². The van der Waals surface area contributed by atoms with Crippen molar-refractivity contribution in [2.45, 2.75) is 32.9 Å². The topological polar surface area (TPSA) is 51.4 Å². The molecule has 3 unspecified atom stereocenters. The molecule has 114 valence electrons. The second-order valence-electron chi connectivity index (χ2n) is 5.30. The molecule has 0 radical (unpaired) electrons. The van der Waals surface area contributed by atoms with E-state index in [1.807, 2.05) is 0 Å². The number of hydrogen-bond acceptors (Lipinski definition) is 4. The maximum Gasteiger partial charge on any atom is 0.141 e. The maximum atomic E-state index is 12.9. The monoisotopic (exact) mass is 283 g/mol. The first-order valence-corrected chi connectivity index (χ1v) is 7.09. The molecule has 0 aromatic carbocycles. The number of likely N-dealkylation sites (N-methyl/N-ethyl adjacent to an activating group) is 1.